The van der Waals surface area contributed by atoms with Crippen LogP contribution in [0.3, 0.4) is 0 Å². The summed E-state index contributed by atoms with van der Waals surface area (Å²) >= 11 is 0. The Bertz CT molecular complexity index is 303. The standard InChI is InChI=1S/C18H36O2/c1-13(2)15(4)14(3)12-18(8,9)20-11-10-17(6,7)16(5)19/h13-15H,10-12H2,1-9H3. The quantitative estimate of drug-likeness (QED) is 0.588. The molecule has 0 aliphatic heterocycles. The van der Waals surface area contributed by atoms with Crippen LogP contribution in [0.15, 0.2) is 0 Å². The van der Waals surface area contributed by atoms with Gasteiger partial charge in [-0.2, -0.15) is 0 Å². The zero-order valence-corrected chi connectivity index (χ0v) is 15.2. The maximum absolute atomic E-state index is 11.5. The molecule has 0 aliphatic carbocycles. The van der Waals surface area contributed by atoms with Crippen molar-refractivity contribution in [1.82, 2.24) is 0 Å². The van der Waals surface area contributed by atoms with E-state index >= 15 is 0 Å². The first-order valence-corrected chi connectivity index (χ1v) is 8.04. The van der Waals surface area contributed by atoms with Crippen LogP contribution in [-0.2, 0) is 9.53 Å². The highest BCUT2D eigenvalue weighted by Crippen LogP contribution is 2.30. The highest BCUT2D eigenvalue weighted by molar-refractivity contribution is 5.81. The SMILES string of the molecule is CC(=O)C(C)(C)CCOC(C)(C)CC(C)C(C)C(C)C. The first-order valence-electron chi connectivity index (χ1n) is 8.04. The van der Waals surface area contributed by atoms with Gasteiger partial charge in [-0.3, -0.25) is 4.79 Å². The van der Waals surface area contributed by atoms with Crippen LogP contribution in [0.25, 0.3) is 0 Å². The molecule has 0 aromatic heterocycles. The number of ketones is 1. The first kappa shape index (κ1) is 19.6. The summed E-state index contributed by atoms with van der Waals surface area (Å²) in [5.41, 5.74) is -0.387. The van der Waals surface area contributed by atoms with Gasteiger partial charge in [-0.1, -0.05) is 41.5 Å². The van der Waals surface area contributed by atoms with Crippen molar-refractivity contribution in [3.63, 3.8) is 0 Å². The molecule has 0 rings (SSSR count). The van der Waals surface area contributed by atoms with Gasteiger partial charge in [0.25, 0.3) is 0 Å². The molecule has 2 nitrogen and oxygen atoms in total. The van der Waals surface area contributed by atoms with Crippen LogP contribution in [0.4, 0.5) is 0 Å². The Kier molecular flexibility index (Phi) is 7.44. The minimum Gasteiger partial charge on any atom is -0.376 e. The molecule has 0 heterocycles. The Morgan fingerprint density at radius 2 is 1.55 bits per heavy atom. The van der Waals surface area contributed by atoms with Crippen LogP contribution < -0.4 is 0 Å². The van der Waals surface area contributed by atoms with Crippen molar-refractivity contribution in [2.75, 3.05) is 6.61 Å². The van der Waals surface area contributed by atoms with E-state index in [1.807, 2.05) is 13.8 Å². The van der Waals surface area contributed by atoms with Crippen molar-refractivity contribution >= 4 is 5.78 Å². The van der Waals surface area contributed by atoms with Crippen molar-refractivity contribution in [3.05, 3.63) is 0 Å². The lowest BCUT2D eigenvalue weighted by Crippen LogP contribution is -2.32. The van der Waals surface area contributed by atoms with E-state index in [1.165, 1.54) is 0 Å². The number of Topliss-reactive ketones (excluding diaryl/α,β-unsaturated/α-hetero) is 1. The second-order valence-corrected chi connectivity index (χ2v) is 8.08. The van der Waals surface area contributed by atoms with Crippen molar-refractivity contribution in [1.29, 1.82) is 0 Å². The summed E-state index contributed by atoms with van der Waals surface area (Å²) in [4.78, 5) is 11.5. The summed E-state index contributed by atoms with van der Waals surface area (Å²) in [6, 6.07) is 0. The van der Waals surface area contributed by atoms with Crippen LogP contribution in [0.2, 0.25) is 0 Å². The Labute approximate surface area is 126 Å². The maximum Gasteiger partial charge on any atom is 0.135 e. The van der Waals surface area contributed by atoms with Crippen molar-refractivity contribution in [2.45, 2.75) is 80.8 Å². The minimum absolute atomic E-state index is 0.116. The van der Waals surface area contributed by atoms with E-state index in [2.05, 4.69) is 41.5 Å². The number of carbonyl (C=O) groups excluding carboxylic acids is 1. The second kappa shape index (κ2) is 7.59. The maximum atomic E-state index is 11.5. The molecule has 0 amide bonds. The average Bonchev–Trinajstić information content (AvgIpc) is 2.26. The van der Waals surface area contributed by atoms with Gasteiger partial charge >= 0.3 is 0 Å². The van der Waals surface area contributed by atoms with Crippen LogP contribution >= 0.6 is 0 Å². The molecule has 0 radical (unpaired) electrons. The second-order valence-electron chi connectivity index (χ2n) is 8.08. The molecule has 0 aromatic carbocycles. The van der Waals surface area contributed by atoms with Crippen molar-refractivity contribution < 1.29 is 9.53 Å². The van der Waals surface area contributed by atoms with E-state index in [0.717, 1.165) is 12.8 Å². The van der Waals surface area contributed by atoms with Crippen LogP contribution in [0.1, 0.15) is 75.2 Å². The molecule has 0 saturated carbocycles. The Balaban J connectivity index is 4.30. The van der Waals surface area contributed by atoms with Gasteiger partial charge in [-0.25, -0.2) is 0 Å². The largest absolute Gasteiger partial charge is 0.376 e. The van der Waals surface area contributed by atoms with Crippen LogP contribution in [-0.4, -0.2) is 18.0 Å². The fourth-order valence-electron chi connectivity index (χ4n) is 2.44. The molecule has 0 aromatic rings. The predicted molar refractivity (Wildman–Crippen MR) is 86.9 cm³/mol. The minimum atomic E-state index is -0.271. The molecule has 0 N–H and O–H groups in total. The fraction of sp³-hybridized carbons (Fsp3) is 0.944. The van der Waals surface area contributed by atoms with E-state index in [1.54, 1.807) is 6.92 Å². The normalized spacial score (nSPS) is 16.3. The highest BCUT2D eigenvalue weighted by atomic mass is 16.5. The van der Waals surface area contributed by atoms with E-state index in [0.29, 0.717) is 24.4 Å². The molecular formula is C18H36O2. The highest BCUT2D eigenvalue weighted by Gasteiger charge is 2.28. The van der Waals surface area contributed by atoms with Gasteiger partial charge in [0.1, 0.15) is 5.78 Å². The topological polar surface area (TPSA) is 26.3 Å². The van der Waals surface area contributed by atoms with E-state index in [9.17, 15) is 4.79 Å². The lowest BCUT2D eigenvalue weighted by atomic mass is 9.80. The third-order valence-corrected chi connectivity index (χ3v) is 4.94. The molecule has 0 aliphatic rings. The fourth-order valence-corrected chi connectivity index (χ4v) is 2.44. The first-order chi connectivity index (χ1) is 8.89. The average molecular weight is 284 g/mol. The molecule has 0 bridgehead atoms. The van der Waals surface area contributed by atoms with Gasteiger partial charge in [0.2, 0.25) is 0 Å². The Morgan fingerprint density at radius 1 is 1.05 bits per heavy atom. The summed E-state index contributed by atoms with van der Waals surface area (Å²) in [5, 5.41) is 0. The molecule has 120 valence electrons. The number of ether oxygens (including phenoxy) is 1. The van der Waals surface area contributed by atoms with Gasteiger partial charge in [0.05, 0.1) is 5.60 Å². The number of carbonyl (C=O) groups is 1. The summed E-state index contributed by atoms with van der Waals surface area (Å²) < 4.78 is 6.06. The van der Waals surface area contributed by atoms with Gasteiger partial charge in [-0.15, -0.1) is 0 Å². The molecule has 0 saturated heterocycles. The summed E-state index contributed by atoms with van der Waals surface area (Å²) in [5.74, 6) is 2.29. The third-order valence-electron chi connectivity index (χ3n) is 4.94. The van der Waals surface area contributed by atoms with Crippen molar-refractivity contribution in [2.24, 2.45) is 23.2 Å². The predicted octanol–water partition coefficient (Wildman–Crippen LogP) is 5.11. The molecule has 0 fully saturated rings. The summed E-state index contributed by atoms with van der Waals surface area (Å²) in [6.45, 7) is 19.8. The van der Waals surface area contributed by atoms with E-state index in [4.69, 9.17) is 4.74 Å². The van der Waals surface area contributed by atoms with Crippen LogP contribution in [0.5, 0.6) is 0 Å². The molecule has 2 heteroatoms. The number of hydrogen-bond donors (Lipinski definition) is 0. The summed E-state index contributed by atoms with van der Waals surface area (Å²) in [7, 11) is 0. The Hall–Kier alpha value is -0.370. The van der Waals surface area contributed by atoms with E-state index in [-0.39, 0.29) is 16.8 Å². The third kappa shape index (κ3) is 6.88. The lowest BCUT2D eigenvalue weighted by Gasteiger charge is -2.33. The lowest BCUT2D eigenvalue weighted by molar-refractivity contribution is -0.127. The van der Waals surface area contributed by atoms with Gasteiger partial charge in [-0.05, 0) is 51.4 Å². The molecular weight excluding hydrogens is 248 g/mol. The monoisotopic (exact) mass is 284 g/mol. The van der Waals surface area contributed by atoms with Gasteiger partial charge in [0.15, 0.2) is 0 Å². The van der Waals surface area contributed by atoms with Crippen molar-refractivity contribution in [3.8, 4) is 0 Å². The number of hydrogen-bond acceptors (Lipinski definition) is 2. The number of rotatable bonds is 9. The summed E-state index contributed by atoms with van der Waals surface area (Å²) in [6.07, 6.45) is 1.85. The van der Waals surface area contributed by atoms with Gasteiger partial charge < -0.3 is 4.74 Å². The van der Waals surface area contributed by atoms with Crippen LogP contribution in [0, 0.1) is 23.2 Å². The molecule has 0 spiro atoms. The van der Waals surface area contributed by atoms with Gasteiger partial charge in [0, 0.05) is 12.0 Å². The zero-order chi connectivity index (χ0) is 16.1. The molecule has 20 heavy (non-hydrogen) atoms. The zero-order valence-electron chi connectivity index (χ0n) is 15.2. The molecule has 2 unspecified atom stereocenters. The Morgan fingerprint density at radius 3 is 1.95 bits per heavy atom. The smallest absolute Gasteiger partial charge is 0.135 e. The van der Waals surface area contributed by atoms with E-state index < -0.39 is 0 Å². The molecule has 2 atom stereocenters.